The first-order valence-corrected chi connectivity index (χ1v) is 7.68. The van der Waals surface area contributed by atoms with Crippen molar-refractivity contribution in [2.45, 2.75) is 34.1 Å². The Bertz CT molecular complexity index is 549. The zero-order chi connectivity index (χ0) is 15.2. The molecule has 0 saturated carbocycles. The summed E-state index contributed by atoms with van der Waals surface area (Å²) in [6.07, 6.45) is 1.10. The fraction of sp³-hybridized carbons (Fsp3) is 0.368. The molecule has 0 radical (unpaired) electrons. The van der Waals surface area contributed by atoms with Crippen LogP contribution in [-0.2, 0) is 0 Å². The molecule has 0 heterocycles. The van der Waals surface area contributed by atoms with Gasteiger partial charge in [-0.2, -0.15) is 0 Å². The molecule has 2 N–H and O–H groups in total. The molecule has 0 atom stereocenters. The predicted octanol–water partition coefficient (Wildman–Crippen LogP) is 4.83. The molecule has 0 spiro atoms. The molecular formula is C19H26N2. The first-order valence-electron chi connectivity index (χ1n) is 7.68. The molecule has 2 nitrogen and oxygen atoms in total. The van der Waals surface area contributed by atoms with Crippen molar-refractivity contribution in [2.75, 3.05) is 23.7 Å². The third-order valence-electron chi connectivity index (χ3n) is 3.77. The van der Waals surface area contributed by atoms with Crippen molar-refractivity contribution in [3.8, 4) is 0 Å². The third kappa shape index (κ3) is 4.52. The van der Waals surface area contributed by atoms with Crippen LogP contribution >= 0.6 is 0 Å². The molecule has 21 heavy (non-hydrogen) atoms. The summed E-state index contributed by atoms with van der Waals surface area (Å²) in [5, 5.41) is 7.05. The molecule has 112 valence electrons. The molecular weight excluding hydrogens is 256 g/mol. The summed E-state index contributed by atoms with van der Waals surface area (Å²) in [7, 11) is 0. The lowest BCUT2D eigenvalue weighted by Crippen LogP contribution is -2.10. The van der Waals surface area contributed by atoms with Crippen LogP contribution in [0.3, 0.4) is 0 Å². The molecule has 0 fully saturated rings. The average Bonchev–Trinajstić information content (AvgIpc) is 2.45. The van der Waals surface area contributed by atoms with Gasteiger partial charge in [-0.25, -0.2) is 0 Å². The standard InChI is InChI=1S/C19H26N2/c1-14-6-8-16(3)18(12-14)20-10-5-11-21-19-13-15(2)7-9-17(19)4/h6-9,12-13,20-21H,5,10-11H2,1-4H3. The zero-order valence-corrected chi connectivity index (χ0v) is 13.6. The molecule has 0 aliphatic rings. The summed E-state index contributed by atoms with van der Waals surface area (Å²) in [5.74, 6) is 0. The van der Waals surface area contributed by atoms with E-state index in [0.29, 0.717) is 0 Å². The maximum atomic E-state index is 3.53. The third-order valence-corrected chi connectivity index (χ3v) is 3.77. The maximum Gasteiger partial charge on any atom is 0.0372 e. The Labute approximate surface area is 128 Å². The summed E-state index contributed by atoms with van der Waals surface area (Å²) < 4.78 is 0. The number of hydrogen-bond donors (Lipinski definition) is 2. The van der Waals surface area contributed by atoms with Crippen LogP contribution in [0.1, 0.15) is 28.7 Å². The highest BCUT2D eigenvalue weighted by molar-refractivity contribution is 5.53. The first kappa shape index (κ1) is 15.4. The highest BCUT2D eigenvalue weighted by Crippen LogP contribution is 2.17. The van der Waals surface area contributed by atoms with E-state index in [0.717, 1.165) is 19.5 Å². The summed E-state index contributed by atoms with van der Waals surface area (Å²) in [6, 6.07) is 13.1. The molecule has 2 heteroatoms. The molecule has 2 aromatic rings. The Balaban J connectivity index is 1.77. The van der Waals surface area contributed by atoms with Crippen molar-refractivity contribution in [1.82, 2.24) is 0 Å². The maximum absolute atomic E-state index is 3.53. The van der Waals surface area contributed by atoms with Gasteiger partial charge in [0.05, 0.1) is 0 Å². The number of aryl methyl sites for hydroxylation is 4. The molecule has 0 unspecified atom stereocenters. The molecule has 0 saturated heterocycles. The summed E-state index contributed by atoms with van der Waals surface area (Å²) >= 11 is 0. The smallest absolute Gasteiger partial charge is 0.0372 e. The molecule has 2 aromatic carbocycles. The van der Waals surface area contributed by atoms with Crippen LogP contribution in [0.2, 0.25) is 0 Å². The normalized spacial score (nSPS) is 10.5. The van der Waals surface area contributed by atoms with Crippen molar-refractivity contribution >= 4 is 11.4 Å². The van der Waals surface area contributed by atoms with Crippen molar-refractivity contribution in [3.63, 3.8) is 0 Å². The fourth-order valence-electron chi connectivity index (χ4n) is 2.39. The van der Waals surface area contributed by atoms with Crippen molar-refractivity contribution in [1.29, 1.82) is 0 Å². The van der Waals surface area contributed by atoms with E-state index in [9.17, 15) is 0 Å². The van der Waals surface area contributed by atoms with Crippen LogP contribution < -0.4 is 10.6 Å². The van der Waals surface area contributed by atoms with Crippen LogP contribution in [0.15, 0.2) is 36.4 Å². The summed E-state index contributed by atoms with van der Waals surface area (Å²) in [5.41, 5.74) is 7.72. The number of anilines is 2. The van der Waals surface area contributed by atoms with Crippen LogP contribution in [-0.4, -0.2) is 13.1 Å². The van der Waals surface area contributed by atoms with Crippen LogP contribution in [0.4, 0.5) is 11.4 Å². The lowest BCUT2D eigenvalue weighted by molar-refractivity contribution is 0.906. The van der Waals surface area contributed by atoms with E-state index >= 15 is 0 Å². The van der Waals surface area contributed by atoms with E-state index in [4.69, 9.17) is 0 Å². The second kappa shape index (κ2) is 7.16. The average molecular weight is 282 g/mol. The fourth-order valence-corrected chi connectivity index (χ4v) is 2.39. The van der Waals surface area contributed by atoms with E-state index in [1.54, 1.807) is 0 Å². The lowest BCUT2D eigenvalue weighted by atomic mass is 10.1. The van der Waals surface area contributed by atoms with Gasteiger partial charge in [0.25, 0.3) is 0 Å². The molecule has 2 rings (SSSR count). The van der Waals surface area contributed by atoms with E-state index in [-0.39, 0.29) is 0 Å². The van der Waals surface area contributed by atoms with Crippen LogP contribution in [0, 0.1) is 27.7 Å². The van der Waals surface area contributed by atoms with Gasteiger partial charge in [0, 0.05) is 24.5 Å². The van der Waals surface area contributed by atoms with Crippen LogP contribution in [0.25, 0.3) is 0 Å². The molecule has 0 amide bonds. The lowest BCUT2D eigenvalue weighted by Gasteiger charge is -2.12. The number of nitrogens with one attached hydrogen (secondary N) is 2. The first-order chi connectivity index (χ1) is 10.1. The summed E-state index contributed by atoms with van der Waals surface area (Å²) in [6.45, 7) is 10.5. The largest absolute Gasteiger partial charge is 0.385 e. The minimum Gasteiger partial charge on any atom is -0.385 e. The van der Waals surface area contributed by atoms with E-state index in [1.807, 2.05) is 0 Å². The molecule has 0 bridgehead atoms. The Morgan fingerprint density at radius 2 is 1.10 bits per heavy atom. The van der Waals surface area contributed by atoms with Gasteiger partial charge in [-0.05, 0) is 68.5 Å². The monoisotopic (exact) mass is 282 g/mol. The number of hydrogen-bond acceptors (Lipinski definition) is 2. The Morgan fingerprint density at radius 3 is 1.52 bits per heavy atom. The number of benzene rings is 2. The highest BCUT2D eigenvalue weighted by Gasteiger charge is 1.99. The molecule has 0 aliphatic heterocycles. The SMILES string of the molecule is Cc1ccc(C)c(NCCCNc2cc(C)ccc2C)c1. The van der Waals surface area contributed by atoms with Gasteiger partial charge >= 0.3 is 0 Å². The van der Waals surface area contributed by atoms with E-state index < -0.39 is 0 Å². The van der Waals surface area contributed by atoms with Crippen molar-refractivity contribution in [2.24, 2.45) is 0 Å². The Kier molecular flexibility index (Phi) is 5.26. The highest BCUT2D eigenvalue weighted by atomic mass is 14.9. The molecule has 0 aromatic heterocycles. The van der Waals surface area contributed by atoms with Crippen molar-refractivity contribution in [3.05, 3.63) is 58.7 Å². The summed E-state index contributed by atoms with van der Waals surface area (Å²) in [4.78, 5) is 0. The minimum absolute atomic E-state index is 0.988. The Morgan fingerprint density at radius 1 is 0.667 bits per heavy atom. The zero-order valence-electron chi connectivity index (χ0n) is 13.6. The van der Waals surface area contributed by atoms with E-state index in [1.165, 1.54) is 33.6 Å². The minimum atomic E-state index is 0.988. The van der Waals surface area contributed by atoms with E-state index in [2.05, 4.69) is 74.7 Å². The van der Waals surface area contributed by atoms with Crippen LogP contribution in [0.5, 0.6) is 0 Å². The topological polar surface area (TPSA) is 24.1 Å². The van der Waals surface area contributed by atoms with Gasteiger partial charge in [-0.3, -0.25) is 0 Å². The van der Waals surface area contributed by atoms with Gasteiger partial charge in [0.1, 0.15) is 0 Å². The quantitative estimate of drug-likeness (QED) is 0.741. The second-order valence-electron chi connectivity index (χ2n) is 5.84. The van der Waals surface area contributed by atoms with Gasteiger partial charge in [-0.1, -0.05) is 24.3 Å². The van der Waals surface area contributed by atoms with Gasteiger partial charge < -0.3 is 10.6 Å². The Hall–Kier alpha value is -1.96. The van der Waals surface area contributed by atoms with Gasteiger partial charge in [-0.15, -0.1) is 0 Å². The molecule has 0 aliphatic carbocycles. The van der Waals surface area contributed by atoms with Crippen molar-refractivity contribution < 1.29 is 0 Å². The van der Waals surface area contributed by atoms with Gasteiger partial charge in [0.2, 0.25) is 0 Å². The predicted molar refractivity (Wildman–Crippen MR) is 93.4 cm³/mol. The van der Waals surface area contributed by atoms with Gasteiger partial charge in [0.15, 0.2) is 0 Å². The second-order valence-corrected chi connectivity index (χ2v) is 5.84. The number of rotatable bonds is 6.